The lowest BCUT2D eigenvalue weighted by molar-refractivity contribution is 0.0376. The Hall–Kier alpha value is -2.21. The van der Waals surface area contributed by atoms with Crippen molar-refractivity contribution in [3.05, 3.63) is 40.9 Å². The van der Waals surface area contributed by atoms with Gasteiger partial charge in [-0.15, -0.1) is 0 Å². The van der Waals surface area contributed by atoms with Gasteiger partial charge in [0.15, 0.2) is 0 Å². The van der Waals surface area contributed by atoms with Crippen LogP contribution in [0.2, 0.25) is 0 Å². The van der Waals surface area contributed by atoms with Crippen molar-refractivity contribution in [1.82, 2.24) is 14.5 Å². The summed E-state index contributed by atoms with van der Waals surface area (Å²) in [5.74, 6) is 0.695. The SMILES string of the molecule is CCC1CN(c2nc(-c3ccncc3)cc(=O)n2C)CCO1. The molecule has 2 aromatic rings. The fourth-order valence-corrected chi connectivity index (χ4v) is 2.63. The molecule has 0 amide bonds. The molecule has 3 rings (SSSR count). The van der Waals surface area contributed by atoms with Gasteiger partial charge in [-0.1, -0.05) is 6.92 Å². The molecular weight excluding hydrogens is 280 g/mol. The number of hydrogen-bond donors (Lipinski definition) is 0. The average molecular weight is 300 g/mol. The Labute approximate surface area is 129 Å². The molecule has 1 saturated heterocycles. The summed E-state index contributed by atoms with van der Waals surface area (Å²) in [6.45, 7) is 4.27. The Morgan fingerprint density at radius 1 is 1.36 bits per heavy atom. The molecule has 0 aliphatic carbocycles. The van der Waals surface area contributed by atoms with E-state index in [4.69, 9.17) is 9.72 Å². The Morgan fingerprint density at radius 3 is 2.86 bits per heavy atom. The zero-order chi connectivity index (χ0) is 15.5. The number of nitrogens with zero attached hydrogens (tertiary/aromatic N) is 4. The van der Waals surface area contributed by atoms with Crippen LogP contribution in [0.3, 0.4) is 0 Å². The molecule has 1 aliphatic heterocycles. The fourth-order valence-electron chi connectivity index (χ4n) is 2.63. The molecule has 0 aromatic carbocycles. The predicted octanol–water partition coefficient (Wildman–Crippen LogP) is 1.46. The van der Waals surface area contributed by atoms with Crippen molar-refractivity contribution in [2.75, 3.05) is 24.6 Å². The van der Waals surface area contributed by atoms with Crippen molar-refractivity contribution < 1.29 is 4.74 Å². The van der Waals surface area contributed by atoms with Crippen molar-refractivity contribution in [2.24, 2.45) is 7.05 Å². The Morgan fingerprint density at radius 2 is 2.14 bits per heavy atom. The summed E-state index contributed by atoms with van der Waals surface area (Å²) in [4.78, 5) is 23.1. The average Bonchev–Trinajstić information content (AvgIpc) is 2.58. The molecule has 1 aliphatic rings. The van der Waals surface area contributed by atoms with E-state index >= 15 is 0 Å². The zero-order valence-electron chi connectivity index (χ0n) is 12.9. The van der Waals surface area contributed by atoms with Crippen LogP contribution >= 0.6 is 0 Å². The van der Waals surface area contributed by atoms with Gasteiger partial charge < -0.3 is 9.64 Å². The number of hydrogen-bond acceptors (Lipinski definition) is 5. The second-order valence-corrected chi connectivity index (χ2v) is 5.42. The van der Waals surface area contributed by atoms with Crippen LogP contribution in [0.5, 0.6) is 0 Å². The molecule has 1 atom stereocenters. The maximum absolute atomic E-state index is 12.3. The minimum absolute atomic E-state index is 0.0589. The summed E-state index contributed by atoms with van der Waals surface area (Å²) < 4.78 is 7.30. The number of pyridine rings is 1. The maximum atomic E-state index is 12.3. The normalized spacial score (nSPS) is 18.5. The van der Waals surface area contributed by atoms with Crippen molar-refractivity contribution in [1.29, 1.82) is 0 Å². The highest BCUT2D eigenvalue weighted by Crippen LogP contribution is 2.20. The third-order valence-corrected chi connectivity index (χ3v) is 3.96. The molecule has 0 bridgehead atoms. The van der Waals surface area contributed by atoms with Gasteiger partial charge in [-0.05, 0) is 18.6 Å². The lowest BCUT2D eigenvalue weighted by Crippen LogP contribution is -2.44. The molecule has 0 saturated carbocycles. The van der Waals surface area contributed by atoms with Crippen molar-refractivity contribution >= 4 is 5.95 Å². The van der Waals surface area contributed by atoms with Gasteiger partial charge in [0.25, 0.3) is 5.56 Å². The Kier molecular flexibility index (Phi) is 4.20. The van der Waals surface area contributed by atoms with Crippen molar-refractivity contribution in [2.45, 2.75) is 19.4 Å². The molecule has 1 unspecified atom stereocenters. The topological polar surface area (TPSA) is 60.2 Å². The lowest BCUT2D eigenvalue weighted by atomic mass is 10.2. The lowest BCUT2D eigenvalue weighted by Gasteiger charge is -2.34. The first-order chi connectivity index (χ1) is 10.7. The van der Waals surface area contributed by atoms with Crippen molar-refractivity contribution in [3.8, 4) is 11.3 Å². The van der Waals surface area contributed by atoms with Crippen LogP contribution in [0, 0.1) is 0 Å². The van der Waals surface area contributed by atoms with E-state index in [0.29, 0.717) is 18.2 Å². The number of anilines is 1. The summed E-state index contributed by atoms with van der Waals surface area (Å²) in [7, 11) is 1.76. The third-order valence-electron chi connectivity index (χ3n) is 3.96. The smallest absolute Gasteiger partial charge is 0.255 e. The van der Waals surface area contributed by atoms with Gasteiger partial charge in [-0.2, -0.15) is 0 Å². The third kappa shape index (κ3) is 2.87. The first-order valence-electron chi connectivity index (χ1n) is 7.54. The highest BCUT2D eigenvalue weighted by molar-refractivity contribution is 5.59. The molecule has 6 heteroatoms. The summed E-state index contributed by atoms with van der Waals surface area (Å²) in [6, 6.07) is 5.29. The fraction of sp³-hybridized carbons (Fsp3) is 0.438. The van der Waals surface area contributed by atoms with E-state index in [1.54, 1.807) is 30.1 Å². The predicted molar refractivity (Wildman–Crippen MR) is 85.0 cm³/mol. The van der Waals surface area contributed by atoms with Gasteiger partial charge >= 0.3 is 0 Å². The minimum atomic E-state index is -0.0589. The van der Waals surface area contributed by atoms with E-state index in [1.807, 2.05) is 12.1 Å². The molecule has 116 valence electrons. The quantitative estimate of drug-likeness (QED) is 0.859. The molecule has 0 spiro atoms. The minimum Gasteiger partial charge on any atom is -0.375 e. The van der Waals surface area contributed by atoms with Gasteiger partial charge in [0.2, 0.25) is 5.95 Å². The second kappa shape index (κ2) is 6.27. The number of aromatic nitrogens is 3. The summed E-state index contributed by atoms with van der Waals surface area (Å²) in [5, 5.41) is 0. The Bertz CT molecular complexity index is 699. The van der Waals surface area contributed by atoms with Crippen LogP contribution in [-0.4, -0.2) is 40.3 Å². The van der Waals surface area contributed by atoms with Crippen LogP contribution in [0.4, 0.5) is 5.95 Å². The molecule has 0 radical (unpaired) electrons. The van der Waals surface area contributed by atoms with Crippen LogP contribution in [0.1, 0.15) is 13.3 Å². The molecule has 22 heavy (non-hydrogen) atoms. The van der Waals surface area contributed by atoms with E-state index < -0.39 is 0 Å². The van der Waals surface area contributed by atoms with Crippen LogP contribution in [0.25, 0.3) is 11.3 Å². The van der Waals surface area contributed by atoms with Crippen LogP contribution in [0.15, 0.2) is 35.4 Å². The molecule has 1 fully saturated rings. The molecular formula is C16H20N4O2. The zero-order valence-corrected chi connectivity index (χ0v) is 12.9. The van der Waals surface area contributed by atoms with Crippen molar-refractivity contribution in [3.63, 3.8) is 0 Å². The van der Waals surface area contributed by atoms with Crippen LogP contribution < -0.4 is 10.5 Å². The van der Waals surface area contributed by atoms with Gasteiger partial charge in [-0.3, -0.25) is 14.3 Å². The molecule has 0 N–H and O–H groups in total. The van der Waals surface area contributed by atoms with Gasteiger partial charge in [0.05, 0.1) is 18.4 Å². The first-order valence-corrected chi connectivity index (χ1v) is 7.54. The second-order valence-electron chi connectivity index (χ2n) is 5.42. The van der Waals surface area contributed by atoms with E-state index in [0.717, 1.165) is 25.1 Å². The number of rotatable bonds is 3. The summed E-state index contributed by atoms with van der Waals surface area (Å²) >= 11 is 0. The van der Waals surface area contributed by atoms with E-state index in [2.05, 4.69) is 16.8 Å². The standard InChI is InChI=1S/C16H20N4O2/c1-3-13-11-20(8-9-22-13)16-18-14(10-15(21)19(16)2)12-4-6-17-7-5-12/h4-7,10,13H,3,8-9,11H2,1-2H3. The molecule has 3 heterocycles. The van der Waals surface area contributed by atoms with Gasteiger partial charge in [0, 0.05) is 44.2 Å². The molecule has 2 aromatic heterocycles. The van der Waals surface area contributed by atoms with Gasteiger partial charge in [0.1, 0.15) is 0 Å². The summed E-state index contributed by atoms with van der Waals surface area (Å²) in [6.07, 6.45) is 4.55. The van der Waals surface area contributed by atoms with E-state index in [1.165, 1.54) is 0 Å². The van der Waals surface area contributed by atoms with Crippen LogP contribution in [-0.2, 0) is 11.8 Å². The molecule has 6 nitrogen and oxygen atoms in total. The number of morpholine rings is 1. The van der Waals surface area contributed by atoms with E-state index in [-0.39, 0.29) is 11.7 Å². The monoisotopic (exact) mass is 300 g/mol. The highest BCUT2D eigenvalue weighted by atomic mass is 16.5. The number of ether oxygens (including phenoxy) is 1. The Balaban J connectivity index is 2.00. The van der Waals surface area contributed by atoms with Gasteiger partial charge in [-0.25, -0.2) is 4.98 Å². The maximum Gasteiger partial charge on any atom is 0.255 e. The largest absolute Gasteiger partial charge is 0.375 e. The summed E-state index contributed by atoms with van der Waals surface area (Å²) in [5.41, 5.74) is 1.52. The van der Waals surface area contributed by atoms with E-state index in [9.17, 15) is 4.79 Å². The first kappa shape index (κ1) is 14.7. The highest BCUT2D eigenvalue weighted by Gasteiger charge is 2.22.